The number of aliphatic hydroxyl groups excluding tert-OH is 5. The summed E-state index contributed by atoms with van der Waals surface area (Å²) < 4.78 is 4.58. The summed E-state index contributed by atoms with van der Waals surface area (Å²) in [4.78, 5) is 19.0. The molecular formula is C18H22N2O12. The molecule has 0 amide bonds. The number of rotatable bonds is 3. The molecule has 0 aliphatic carbocycles. The Labute approximate surface area is 180 Å². The molecule has 0 saturated carbocycles. The van der Waals surface area contributed by atoms with Gasteiger partial charge in [-0.15, -0.1) is 0 Å². The van der Waals surface area contributed by atoms with Crippen molar-refractivity contribution in [3.05, 3.63) is 68.8 Å². The van der Waals surface area contributed by atoms with Crippen LogP contribution in [0.25, 0.3) is 0 Å². The number of ether oxygens (including phenoxy) is 1. The minimum atomic E-state index is -1.57. The van der Waals surface area contributed by atoms with Gasteiger partial charge in [0.25, 0.3) is 5.69 Å². The van der Waals surface area contributed by atoms with Gasteiger partial charge in [-0.2, -0.15) is 0 Å². The van der Waals surface area contributed by atoms with Gasteiger partial charge in [0.05, 0.1) is 16.5 Å². The first-order chi connectivity index (χ1) is 15.0. The van der Waals surface area contributed by atoms with Gasteiger partial charge in [0.1, 0.15) is 30.2 Å². The standard InChI is InChI=1S/2C6H5NO3.C6H12O6/c8-6-3-1-5(2-4-6)7(9)10;8-6-4-2-1-3-5(6)7(9)10;7-1-2-3(8)4(9)5(10)6(11)12-2/h2*1-4,8H;2-11H,1H2/t;;2-,3+,4+,5-,6+/m..1/s1. The highest BCUT2D eigenvalue weighted by molar-refractivity contribution is 5.44. The third-order valence-corrected chi connectivity index (χ3v) is 4.01. The molecule has 14 heteroatoms. The Morgan fingerprint density at radius 2 is 1.38 bits per heavy atom. The van der Waals surface area contributed by atoms with Gasteiger partial charge in [0.2, 0.25) is 0 Å². The number of hydrogen-bond acceptors (Lipinski definition) is 12. The SMILES string of the molecule is O=[N+]([O-])c1ccc(O)cc1.O=[N+]([O-])c1ccccc1O.OC[C@H]1O[C@H](O)[C@H](O)[C@@H](O)[C@H]1O. The lowest BCUT2D eigenvalue weighted by atomic mass is 10.00. The van der Waals surface area contributed by atoms with E-state index in [1.165, 1.54) is 48.5 Å². The maximum absolute atomic E-state index is 10.1. The van der Waals surface area contributed by atoms with E-state index in [-0.39, 0.29) is 22.9 Å². The van der Waals surface area contributed by atoms with E-state index in [1.807, 2.05) is 0 Å². The summed E-state index contributed by atoms with van der Waals surface area (Å²) in [6, 6.07) is 10.6. The Hall–Kier alpha value is -3.40. The number of non-ortho nitro benzene ring substituents is 1. The van der Waals surface area contributed by atoms with Crippen LogP contribution in [0.3, 0.4) is 0 Å². The molecular weight excluding hydrogens is 436 g/mol. The molecule has 7 N–H and O–H groups in total. The maximum atomic E-state index is 10.1. The molecule has 0 bridgehead atoms. The van der Waals surface area contributed by atoms with Gasteiger partial charge < -0.3 is 40.5 Å². The number of para-hydroxylation sites is 2. The molecule has 1 aliphatic rings. The van der Waals surface area contributed by atoms with Crippen molar-refractivity contribution in [2.24, 2.45) is 0 Å². The van der Waals surface area contributed by atoms with Gasteiger partial charge in [-0.3, -0.25) is 20.2 Å². The number of nitrogens with zero attached hydrogens (tertiary/aromatic N) is 2. The van der Waals surface area contributed by atoms with Crippen molar-refractivity contribution in [2.45, 2.75) is 30.7 Å². The topological polar surface area (TPSA) is 237 Å². The first-order valence-electron chi connectivity index (χ1n) is 8.84. The Morgan fingerprint density at radius 1 is 0.812 bits per heavy atom. The molecule has 2 aromatic carbocycles. The predicted octanol–water partition coefficient (Wildman–Crippen LogP) is -0.621. The van der Waals surface area contributed by atoms with Crippen LogP contribution >= 0.6 is 0 Å². The second-order valence-electron chi connectivity index (χ2n) is 6.24. The van der Waals surface area contributed by atoms with Crippen LogP contribution in [-0.4, -0.2) is 82.9 Å². The van der Waals surface area contributed by atoms with Crippen LogP contribution in [0.15, 0.2) is 48.5 Å². The number of nitro groups is 2. The number of phenols is 2. The van der Waals surface area contributed by atoms with Crippen LogP contribution < -0.4 is 0 Å². The van der Waals surface area contributed by atoms with Gasteiger partial charge in [0.15, 0.2) is 12.0 Å². The monoisotopic (exact) mass is 458 g/mol. The zero-order valence-corrected chi connectivity index (χ0v) is 16.3. The van der Waals surface area contributed by atoms with Crippen LogP contribution in [0.2, 0.25) is 0 Å². The molecule has 0 aromatic heterocycles. The molecule has 14 nitrogen and oxygen atoms in total. The third kappa shape index (κ3) is 7.69. The summed E-state index contributed by atoms with van der Waals surface area (Å²) in [6.45, 7) is -0.526. The zero-order valence-electron chi connectivity index (χ0n) is 16.3. The second-order valence-corrected chi connectivity index (χ2v) is 6.24. The van der Waals surface area contributed by atoms with Gasteiger partial charge in [-0.05, 0) is 18.2 Å². The highest BCUT2D eigenvalue weighted by atomic mass is 16.6. The highest BCUT2D eigenvalue weighted by Crippen LogP contribution is 2.23. The van der Waals surface area contributed by atoms with Crippen LogP contribution in [0, 0.1) is 20.2 Å². The molecule has 1 fully saturated rings. The maximum Gasteiger partial charge on any atom is 0.310 e. The minimum Gasteiger partial charge on any atom is -0.508 e. The summed E-state index contributed by atoms with van der Waals surface area (Å²) in [5.41, 5.74) is -0.277. The number of aromatic hydroxyl groups is 2. The molecule has 1 heterocycles. The van der Waals surface area contributed by atoms with Crippen molar-refractivity contribution in [3.8, 4) is 11.5 Å². The fourth-order valence-electron chi connectivity index (χ4n) is 2.27. The number of aliphatic hydroxyl groups is 5. The average Bonchev–Trinajstić information content (AvgIpc) is 2.76. The zero-order chi connectivity index (χ0) is 24.4. The fraction of sp³-hybridized carbons (Fsp3) is 0.333. The van der Waals surface area contributed by atoms with Crippen molar-refractivity contribution in [3.63, 3.8) is 0 Å². The Morgan fingerprint density at radius 3 is 1.81 bits per heavy atom. The summed E-state index contributed by atoms with van der Waals surface area (Å²) in [6.07, 6.45) is -7.04. The fourth-order valence-corrected chi connectivity index (χ4v) is 2.27. The number of hydrogen-bond donors (Lipinski definition) is 7. The van der Waals surface area contributed by atoms with Crippen LogP contribution in [0.5, 0.6) is 11.5 Å². The molecule has 5 atom stereocenters. The molecule has 0 spiro atoms. The predicted molar refractivity (Wildman–Crippen MR) is 106 cm³/mol. The average molecular weight is 458 g/mol. The summed E-state index contributed by atoms with van der Waals surface area (Å²) in [5, 5.41) is 82.3. The summed E-state index contributed by atoms with van der Waals surface area (Å²) >= 11 is 0. The van der Waals surface area contributed by atoms with E-state index in [4.69, 9.17) is 35.7 Å². The molecule has 32 heavy (non-hydrogen) atoms. The smallest absolute Gasteiger partial charge is 0.310 e. The van der Waals surface area contributed by atoms with Crippen molar-refractivity contribution in [2.75, 3.05) is 6.61 Å². The van der Waals surface area contributed by atoms with E-state index in [0.717, 1.165) is 0 Å². The molecule has 1 aliphatic heterocycles. The molecule has 1 saturated heterocycles. The summed E-state index contributed by atoms with van der Waals surface area (Å²) in [7, 11) is 0. The lowest BCUT2D eigenvalue weighted by molar-refractivity contribution is -0.385. The first kappa shape index (κ1) is 26.6. The second kappa shape index (κ2) is 12.5. The Kier molecular flexibility index (Phi) is 10.4. The number of phenolic OH excluding ortho intramolecular Hbond substituents is 2. The van der Waals surface area contributed by atoms with Crippen molar-refractivity contribution >= 4 is 11.4 Å². The quantitative estimate of drug-likeness (QED) is 0.225. The van der Waals surface area contributed by atoms with Gasteiger partial charge >= 0.3 is 5.69 Å². The number of nitro benzene ring substituents is 2. The van der Waals surface area contributed by atoms with Crippen LogP contribution in [0.1, 0.15) is 0 Å². The first-order valence-corrected chi connectivity index (χ1v) is 8.84. The lowest BCUT2D eigenvalue weighted by Gasteiger charge is -2.37. The molecule has 0 radical (unpaired) electrons. The van der Waals surface area contributed by atoms with Crippen LogP contribution in [0.4, 0.5) is 11.4 Å². The normalized spacial score (nSPS) is 24.2. The summed E-state index contributed by atoms with van der Waals surface area (Å²) in [5.74, 6) is -0.266. The largest absolute Gasteiger partial charge is 0.508 e. The van der Waals surface area contributed by atoms with E-state index < -0.39 is 47.2 Å². The van der Waals surface area contributed by atoms with E-state index in [0.29, 0.717) is 0 Å². The lowest BCUT2D eigenvalue weighted by Crippen LogP contribution is -2.58. The van der Waals surface area contributed by atoms with Crippen molar-refractivity contribution in [1.29, 1.82) is 0 Å². The van der Waals surface area contributed by atoms with Crippen LogP contribution in [-0.2, 0) is 4.74 Å². The third-order valence-electron chi connectivity index (χ3n) is 4.01. The number of benzene rings is 2. The molecule has 2 aromatic rings. The Balaban J connectivity index is 0.000000241. The molecule has 3 rings (SSSR count). The van der Waals surface area contributed by atoms with Gasteiger partial charge in [-0.25, -0.2) is 0 Å². The molecule has 0 unspecified atom stereocenters. The molecule has 176 valence electrons. The van der Waals surface area contributed by atoms with E-state index >= 15 is 0 Å². The van der Waals surface area contributed by atoms with E-state index in [9.17, 15) is 20.2 Å². The highest BCUT2D eigenvalue weighted by Gasteiger charge is 2.42. The minimum absolute atomic E-state index is 0.0159. The van der Waals surface area contributed by atoms with Crippen molar-refractivity contribution < 1.29 is 50.3 Å². The van der Waals surface area contributed by atoms with E-state index in [2.05, 4.69) is 4.74 Å². The van der Waals surface area contributed by atoms with E-state index in [1.54, 1.807) is 0 Å². The Bertz CT molecular complexity index is 874. The van der Waals surface area contributed by atoms with Gasteiger partial charge in [0, 0.05) is 18.2 Å². The van der Waals surface area contributed by atoms with Gasteiger partial charge in [-0.1, -0.05) is 12.1 Å². The van der Waals surface area contributed by atoms with Crippen molar-refractivity contribution in [1.82, 2.24) is 0 Å².